The molecule has 9 nitrogen and oxygen atoms in total. The van der Waals surface area contributed by atoms with Crippen LogP contribution in [-0.2, 0) is 30.0 Å². The lowest BCUT2D eigenvalue weighted by molar-refractivity contribution is -0.135. The van der Waals surface area contributed by atoms with Crippen molar-refractivity contribution in [3.05, 3.63) is 48.0 Å². The van der Waals surface area contributed by atoms with Crippen molar-refractivity contribution in [1.29, 1.82) is 0 Å². The van der Waals surface area contributed by atoms with Crippen molar-refractivity contribution in [2.45, 2.75) is 103 Å². The highest BCUT2D eigenvalue weighted by atomic mass is 28.4. The van der Waals surface area contributed by atoms with E-state index in [4.69, 9.17) is 4.43 Å². The molecule has 0 saturated heterocycles. The molecular formula is C30H48N4O5Si. The summed E-state index contributed by atoms with van der Waals surface area (Å²) in [5, 5.41) is 11.2. The molecule has 0 bridgehead atoms. The van der Waals surface area contributed by atoms with Gasteiger partial charge in [-0.3, -0.25) is 19.2 Å². The van der Waals surface area contributed by atoms with Gasteiger partial charge in [0.05, 0.1) is 0 Å². The van der Waals surface area contributed by atoms with Crippen molar-refractivity contribution in [2.24, 2.45) is 5.92 Å². The average Bonchev–Trinajstić information content (AvgIpc) is 2.88. The van der Waals surface area contributed by atoms with E-state index >= 15 is 0 Å². The predicted molar refractivity (Wildman–Crippen MR) is 160 cm³/mol. The van der Waals surface area contributed by atoms with E-state index in [1.807, 2.05) is 44.2 Å². The lowest BCUT2D eigenvalue weighted by Gasteiger charge is -2.38. The topological polar surface area (TPSA) is 126 Å². The second-order valence-corrected chi connectivity index (χ2v) is 16.9. The second kappa shape index (κ2) is 14.6. The van der Waals surface area contributed by atoms with E-state index in [0.29, 0.717) is 12.8 Å². The van der Waals surface area contributed by atoms with Gasteiger partial charge in [-0.1, -0.05) is 83.5 Å². The maximum Gasteiger partial charge on any atom is 0.248 e. The van der Waals surface area contributed by atoms with E-state index in [9.17, 15) is 19.2 Å². The van der Waals surface area contributed by atoms with Crippen molar-refractivity contribution in [2.75, 3.05) is 6.54 Å². The molecule has 10 heteroatoms. The minimum Gasteiger partial charge on any atom is -0.405 e. The summed E-state index contributed by atoms with van der Waals surface area (Å²) in [4.78, 5) is 53.2. The fourth-order valence-electron chi connectivity index (χ4n) is 4.00. The summed E-state index contributed by atoms with van der Waals surface area (Å²) in [6.45, 7) is 16.1. The van der Waals surface area contributed by atoms with Crippen molar-refractivity contribution in [1.82, 2.24) is 21.3 Å². The molecule has 1 heterocycles. The molecule has 4 N–H and O–H groups in total. The highest BCUT2D eigenvalue weighted by Gasteiger charge is 2.41. The van der Waals surface area contributed by atoms with Gasteiger partial charge in [-0.15, -0.1) is 0 Å². The minimum atomic E-state index is -2.31. The molecule has 1 aliphatic rings. The Kier molecular flexibility index (Phi) is 12.1. The van der Waals surface area contributed by atoms with Crippen molar-refractivity contribution >= 4 is 31.9 Å². The first-order valence-electron chi connectivity index (χ1n) is 14.2. The molecule has 40 heavy (non-hydrogen) atoms. The molecule has 2 rings (SSSR count). The van der Waals surface area contributed by atoms with Crippen LogP contribution in [0.2, 0.25) is 18.1 Å². The third-order valence-corrected chi connectivity index (χ3v) is 12.4. The van der Waals surface area contributed by atoms with Crippen LogP contribution in [0.1, 0.15) is 59.9 Å². The summed E-state index contributed by atoms with van der Waals surface area (Å²) in [5.74, 6) is -1.78. The smallest absolute Gasteiger partial charge is 0.248 e. The van der Waals surface area contributed by atoms with Crippen LogP contribution in [0.3, 0.4) is 0 Å². The summed E-state index contributed by atoms with van der Waals surface area (Å²) in [5.41, 5.74) is 0.853. The third kappa shape index (κ3) is 9.59. The molecule has 0 aliphatic carbocycles. The van der Waals surface area contributed by atoms with E-state index < -0.39 is 50.3 Å². The number of carbonyl (C=O) groups is 4. The molecule has 0 radical (unpaired) electrons. The molecule has 1 aromatic carbocycles. The fraction of sp³-hybridized carbons (Fsp3) is 0.600. The van der Waals surface area contributed by atoms with Crippen LogP contribution in [0.15, 0.2) is 42.5 Å². The number of nitrogens with one attached hydrogen (secondary N) is 4. The Hall–Kier alpha value is -2.98. The van der Waals surface area contributed by atoms with Gasteiger partial charge in [0.25, 0.3) is 0 Å². The van der Waals surface area contributed by atoms with Gasteiger partial charge >= 0.3 is 0 Å². The first-order valence-corrected chi connectivity index (χ1v) is 17.1. The fourth-order valence-corrected chi connectivity index (χ4v) is 5.27. The number of carbonyl (C=O) groups excluding carboxylic acids is 4. The monoisotopic (exact) mass is 572 g/mol. The number of hydrogen-bond acceptors (Lipinski definition) is 5. The van der Waals surface area contributed by atoms with Gasteiger partial charge in [0.2, 0.25) is 23.6 Å². The Morgan fingerprint density at radius 1 is 0.925 bits per heavy atom. The maximum atomic E-state index is 13.5. The molecule has 0 unspecified atom stereocenters. The molecule has 4 amide bonds. The molecular weight excluding hydrogens is 524 g/mol. The molecule has 5 atom stereocenters. The lowest BCUT2D eigenvalue weighted by atomic mass is 9.97. The third-order valence-electron chi connectivity index (χ3n) is 7.91. The molecule has 1 aliphatic heterocycles. The summed E-state index contributed by atoms with van der Waals surface area (Å²) in [7, 11) is -2.31. The summed E-state index contributed by atoms with van der Waals surface area (Å²) in [6.07, 6.45) is 3.99. The zero-order chi connectivity index (χ0) is 30.1. The van der Waals surface area contributed by atoms with Gasteiger partial charge in [-0.2, -0.15) is 0 Å². The average molecular weight is 573 g/mol. The van der Waals surface area contributed by atoms with Crippen LogP contribution in [0, 0.1) is 5.92 Å². The second-order valence-electron chi connectivity index (χ2n) is 12.2. The Morgan fingerprint density at radius 3 is 2.17 bits per heavy atom. The molecule has 0 saturated carbocycles. The standard InChI is InChI=1S/C30H48N4O5Si/c1-9-20(2)25-29(38)31-18-14-13-17-24(39-40(7,8)30(4,5)6)28(37)32-21(3)26(35)33-23(27(36)34-25)19-22-15-11-10-12-16-22/h10-16,20-21,23-25H,9,17-19H2,1-8H3,(H,31,38)(H,32,37)(H,33,35)(H,34,36)/b14-13-/t20-,21-,23-,24+,25-/m0/s1. The van der Waals surface area contributed by atoms with Gasteiger partial charge in [0, 0.05) is 13.0 Å². The van der Waals surface area contributed by atoms with E-state index in [1.165, 1.54) is 0 Å². The Bertz CT molecular complexity index is 1050. The molecule has 0 spiro atoms. The van der Waals surface area contributed by atoms with Gasteiger partial charge in [-0.25, -0.2) is 0 Å². The van der Waals surface area contributed by atoms with Crippen LogP contribution >= 0.6 is 0 Å². The number of hydrogen-bond donors (Lipinski definition) is 4. The zero-order valence-corrected chi connectivity index (χ0v) is 26.3. The number of benzene rings is 1. The normalized spacial score (nSPS) is 25.7. The van der Waals surface area contributed by atoms with Crippen LogP contribution in [-0.4, -0.2) is 62.7 Å². The summed E-state index contributed by atoms with van der Waals surface area (Å²) < 4.78 is 6.44. The van der Waals surface area contributed by atoms with E-state index in [2.05, 4.69) is 55.1 Å². The largest absolute Gasteiger partial charge is 0.405 e. The van der Waals surface area contributed by atoms with E-state index in [-0.39, 0.29) is 29.8 Å². The van der Waals surface area contributed by atoms with Crippen molar-refractivity contribution < 1.29 is 23.6 Å². The summed E-state index contributed by atoms with van der Waals surface area (Å²) >= 11 is 0. The van der Waals surface area contributed by atoms with Crippen molar-refractivity contribution in [3.8, 4) is 0 Å². The van der Waals surface area contributed by atoms with Crippen molar-refractivity contribution in [3.63, 3.8) is 0 Å². The minimum absolute atomic E-state index is 0.119. The van der Waals surface area contributed by atoms with Crippen LogP contribution < -0.4 is 21.3 Å². The quantitative estimate of drug-likeness (QED) is 0.308. The van der Waals surface area contributed by atoms with Gasteiger partial charge < -0.3 is 25.7 Å². The maximum absolute atomic E-state index is 13.5. The Balaban J connectivity index is 2.40. The van der Waals surface area contributed by atoms with Gasteiger partial charge in [0.1, 0.15) is 24.2 Å². The zero-order valence-electron chi connectivity index (χ0n) is 25.3. The molecule has 1 aromatic rings. The number of amides is 4. The van der Waals surface area contributed by atoms with Crippen LogP contribution in [0.25, 0.3) is 0 Å². The molecule has 0 aromatic heterocycles. The Labute approximate surface area is 240 Å². The highest BCUT2D eigenvalue weighted by molar-refractivity contribution is 6.74. The lowest BCUT2D eigenvalue weighted by Crippen LogP contribution is -2.59. The first-order chi connectivity index (χ1) is 18.7. The Morgan fingerprint density at radius 2 is 1.57 bits per heavy atom. The van der Waals surface area contributed by atoms with Gasteiger partial charge in [0.15, 0.2) is 8.32 Å². The SMILES string of the molecule is CC[C@H](C)[C@@H]1NC(=O)[C@H](Cc2ccccc2)NC(=O)[C@H](C)NC(=O)[C@H](O[Si](C)(C)C(C)(C)C)C/C=C\CNC1=O. The van der Waals surface area contributed by atoms with Gasteiger partial charge in [-0.05, 0) is 43.0 Å². The molecule has 0 fully saturated rings. The van der Waals surface area contributed by atoms with Crippen LogP contribution in [0.4, 0.5) is 0 Å². The predicted octanol–water partition coefficient (Wildman–Crippen LogP) is 3.22. The summed E-state index contributed by atoms with van der Waals surface area (Å²) in [6, 6.07) is 6.72. The molecule has 222 valence electrons. The van der Waals surface area contributed by atoms with E-state index in [0.717, 1.165) is 5.56 Å². The number of rotatable bonds is 6. The first kappa shape index (κ1) is 33.2. The highest BCUT2D eigenvalue weighted by Crippen LogP contribution is 2.37. The van der Waals surface area contributed by atoms with E-state index in [1.54, 1.807) is 19.1 Å². The van der Waals surface area contributed by atoms with Crippen LogP contribution in [0.5, 0.6) is 0 Å².